The Morgan fingerprint density at radius 1 is 1.38 bits per heavy atom. The lowest BCUT2D eigenvalue weighted by Crippen LogP contribution is -2.28. The fourth-order valence-corrected chi connectivity index (χ4v) is 2.81. The molecule has 1 fully saturated rings. The first-order valence-corrected chi connectivity index (χ1v) is 7.79. The normalized spacial score (nSPS) is 22.6. The lowest BCUT2D eigenvalue weighted by Gasteiger charge is -2.25. The topological polar surface area (TPSA) is 88.2 Å². The molecule has 0 aromatic carbocycles. The zero-order chi connectivity index (χ0) is 15.2. The van der Waals surface area contributed by atoms with Crippen molar-refractivity contribution in [1.29, 1.82) is 0 Å². The van der Waals surface area contributed by atoms with Gasteiger partial charge in [-0.1, -0.05) is 19.0 Å². The SMILES string of the molecule is CC(C)Cc1noc(CNCC2CCC(C(=O)O)CC2)n1. The quantitative estimate of drug-likeness (QED) is 0.802. The van der Waals surface area contributed by atoms with Crippen LogP contribution in [0.25, 0.3) is 0 Å². The van der Waals surface area contributed by atoms with E-state index in [0.717, 1.165) is 44.5 Å². The fourth-order valence-electron chi connectivity index (χ4n) is 2.81. The summed E-state index contributed by atoms with van der Waals surface area (Å²) < 4.78 is 5.20. The van der Waals surface area contributed by atoms with Gasteiger partial charge in [0.1, 0.15) is 0 Å². The van der Waals surface area contributed by atoms with Gasteiger partial charge in [0.05, 0.1) is 12.5 Å². The number of aromatic nitrogens is 2. The summed E-state index contributed by atoms with van der Waals surface area (Å²) in [6.07, 6.45) is 4.38. The van der Waals surface area contributed by atoms with Crippen LogP contribution in [0.1, 0.15) is 51.2 Å². The second-order valence-electron chi connectivity index (χ2n) is 6.39. The lowest BCUT2D eigenvalue weighted by molar-refractivity contribution is -0.143. The van der Waals surface area contributed by atoms with Crippen LogP contribution in [0.4, 0.5) is 0 Å². The molecule has 21 heavy (non-hydrogen) atoms. The summed E-state index contributed by atoms with van der Waals surface area (Å²) in [5, 5.41) is 16.3. The Morgan fingerprint density at radius 2 is 2.10 bits per heavy atom. The molecule has 0 amide bonds. The van der Waals surface area contributed by atoms with Gasteiger partial charge in [-0.05, 0) is 44.1 Å². The highest BCUT2D eigenvalue weighted by Gasteiger charge is 2.25. The number of rotatable bonds is 7. The monoisotopic (exact) mass is 295 g/mol. The van der Waals surface area contributed by atoms with Gasteiger partial charge in [-0.3, -0.25) is 4.79 Å². The molecule has 2 rings (SSSR count). The highest BCUT2D eigenvalue weighted by molar-refractivity contribution is 5.69. The van der Waals surface area contributed by atoms with Crippen LogP contribution in [0, 0.1) is 17.8 Å². The molecule has 118 valence electrons. The first kappa shape index (κ1) is 15.9. The van der Waals surface area contributed by atoms with Crippen molar-refractivity contribution in [3.63, 3.8) is 0 Å². The van der Waals surface area contributed by atoms with Crippen molar-refractivity contribution in [2.45, 2.75) is 52.5 Å². The van der Waals surface area contributed by atoms with Gasteiger partial charge in [0, 0.05) is 6.42 Å². The molecule has 1 heterocycles. The molecule has 6 heteroatoms. The summed E-state index contributed by atoms with van der Waals surface area (Å²) in [6, 6.07) is 0. The smallest absolute Gasteiger partial charge is 0.306 e. The first-order valence-electron chi connectivity index (χ1n) is 7.79. The average Bonchev–Trinajstić information content (AvgIpc) is 2.86. The molecule has 0 spiro atoms. The molecule has 1 saturated carbocycles. The number of carboxylic acid groups (broad SMARTS) is 1. The molecular weight excluding hydrogens is 270 g/mol. The Kier molecular flexibility index (Phi) is 5.73. The van der Waals surface area contributed by atoms with Gasteiger partial charge in [-0.2, -0.15) is 4.98 Å². The number of nitrogens with zero attached hydrogens (tertiary/aromatic N) is 2. The second kappa shape index (κ2) is 7.54. The first-order chi connectivity index (χ1) is 10.0. The predicted molar refractivity (Wildman–Crippen MR) is 77.6 cm³/mol. The van der Waals surface area contributed by atoms with E-state index in [0.29, 0.717) is 24.3 Å². The molecule has 1 aliphatic rings. The van der Waals surface area contributed by atoms with Gasteiger partial charge in [-0.25, -0.2) is 0 Å². The maximum Gasteiger partial charge on any atom is 0.306 e. The van der Waals surface area contributed by atoms with E-state index in [1.807, 2.05) is 0 Å². The zero-order valence-electron chi connectivity index (χ0n) is 12.8. The van der Waals surface area contributed by atoms with Gasteiger partial charge in [0.25, 0.3) is 0 Å². The summed E-state index contributed by atoms with van der Waals surface area (Å²) in [7, 11) is 0. The predicted octanol–water partition coefficient (Wildman–Crippen LogP) is 2.25. The summed E-state index contributed by atoms with van der Waals surface area (Å²) in [5.74, 6) is 1.68. The van der Waals surface area contributed by atoms with Gasteiger partial charge < -0.3 is 14.9 Å². The maximum atomic E-state index is 10.9. The molecule has 0 unspecified atom stereocenters. The number of hydrogen-bond donors (Lipinski definition) is 2. The minimum absolute atomic E-state index is 0.143. The highest BCUT2D eigenvalue weighted by Crippen LogP contribution is 2.28. The Bertz CT molecular complexity index is 451. The van der Waals surface area contributed by atoms with Crippen LogP contribution >= 0.6 is 0 Å². The van der Waals surface area contributed by atoms with Crippen molar-refractivity contribution in [3.05, 3.63) is 11.7 Å². The van der Waals surface area contributed by atoms with Crippen LogP contribution < -0.4 is 5.32 Å². The standard InChI is InChI=1S/C15H25N3O3/c1-10(2)7-13-17-14(21-18-13)9-16-8-11-3-5-12(6-4-11)15(19)20/h10-12,16H,3-9H2,1-2H3,(H,19,20). The van der Waals surface area contributed by atoms with Gasteiger partial charge >= 0.3 is 5.97 Å². The molecule has 0 radical (unpaired) electrons. The largest absolute Gasteiger partial charge is 0.481 e. The summed E-state index contributed by atoms with van der Waals surface area (Å²) >= 11 is 0. The Balaban J connectivity index is 1.66. The van der Waals surface area contributed by atoms with Crippen molar-refractivity contribution >= 4 is 5.97 Å². The van der Waals surface area contributed by atoms with Gasteiger partial charge in [0.15, 0.2) is 5.82 Å². The zero-order valence-corrected chi connectivity index (χ0v) is 12.8. The second-order valence-corrected chi connectivity index (χ2v) is 6.39. The molecule has 1 aliphatic carbocycles. The Labute approximate surface area is 125 Å². The van der Waals surface area contributed by atoms with E-state index < -0.39 is 5.97 Å². The molecule has 0 aliphatic heterocycles. The number of carboxylic acids is 1. The third-order valence-electron chi connectivity index (χ3n) is 4.01. The fraction of sp³-hybridized carbons (Fsp3) is 0.800. The summed E-state index contributed by atoms with van der Waals surface area (Å²) in [6.45, 7) is 5.72. The molecule has 1 aromatic rings. The van der Waals surface area contributed by atoms with E-state index in [2.05, 4.69) is 29.3 Å². The summed E-state index contributed by atoms with van der Waals surface area (Å²) in [5.41, 5.74) is 0. The number of carbonyl (C=O) groups is 1. The van der Waals surface area contributed by atoms with E-state index in [4.69, 9.17) is 9.63 Å². The Hall–Kier alpha value is -1.43. The molecule has 2 N–H and O–H groups in total. The number of hydrogen-bond acceptors (Lipinski definition) is 5. The van der Waals surface area contributed by atoms with E-state index in [1.54, 1.807) is 0 Å². The number of aliphatic carboxylic acids is 1. The molecule has 6 nitrogen and oxygen atoms in total. The van der Waals surface area contributed by atoms with E-state index in [9.17, 15) is 4.79 Å². The van der Waals surface area contributed by atoms with Crippen LogP contribution in [-0.2, 0) is 17.8 Å². The highest BCUT2D eigenvalue weighted by atomic mass is 16.5. The molecular formula is C15H25N3O3. The van der Waals surface area contributed by atoms with E-state index in [1.165, 1.54) is 0 Å². The van der Waals surface area contributed by atoms with Crippen molar-refractivity contribution in [1.82, 2.24) is 15.5 Å². The van der Waals surface area contributed by atoms with Crippen LogP contribution in [0.2, 0.25) is 0 Å². The van der Waals surface area contributed by atoms with E-state index >= 15 is 0 Å². The van der Waals surface area contributed by atoms with Crippen LogP contribution in [0.3, 0.4) is 0 Å². The Morgan fingerprint density at radius 3 is 2.71 bits per heavy atom. The third kappa shape index (κ3) is 5.12. The summed E-state index contributed by atoms with van der Waals surface area (Å²) in [4.78, 5) is 15.2. The lowest BCUT2D eigenvalue weighted by atomic mass is 9.82. The van der Waals surface area contributed by atoms with Crippen LogP contribution in [0.5, 0.6) is 0 Å². The molecule has 0 saturated heterocycles. The minimum Gasteiger partial charge on any atom is -0.481 e. The van der Waals surface area contributed by atoms with Crippen LogP contribution in [0.15, 0.2) is 4.52 Å². The van der Waals surface area contributed by atoms with Crippen molar-refractivity contribution in [3.8, 4) is 0 Å². The number of nitrogens with one attached hydrogen (secondary N) is 1. The van der Waals surface area contributed by atoms with Crippen LogP contribution in [-0.4, -0.2) is 27.8 Å². The van der Waals surface area contributed by atoms with Gasteiger partial charge in [-0.15, -0.1) is 0 Å². The van der Waals surface area contributed by atoms with Crippen molar-refractivity contribution in [2.75, 3.05) is 6.54 Å². The molecule has 0 bridgehead atoms. The average molecular weight is 295 g/mol. The molecule has 1 aromatic heterocycles. The minimum atomic E-state index is -0.648. The van der Waals surface area contributed by atoms with Crippen molar-refractivity contribution < 1.29 is 14.4 Å². The maximum absolute atomic E-state index is 10.9. The van der Waals surface area contributed by atoms with E-state index in [-0.39, 0.29) is 5.92 Å². The van der Waals surface area contributed by atoms with Crippen molar-refractivity contribution in [2.24, 2.45) is 17.8 Å². The third-order valence-corrected chi connectivity index (χ3v) is 4.01. The molecule has 0 atom stereocenters. The van der Waals surface area contributed by atoms with Gasteiger partial charge in [0.2, 0.25) is 5.89 Å².